The third-order valence-electron chi connectivity index (χ3n) is 1.38. The van der Waals surface area contributed by atoms with Crippen molar-refractivity contribution < 1.29 is 9.90 Å². The van der Waals surface area contributed by atoms with Crippen molar-refractivity contribution in [3.05, 3.63) is 0 Å². The smallest absolute Gasteiger partial charge is 0.309 e. The molecule has 0 saturated heterocycles. The average Bonchev–Trinajstić information content (AvgIpc) is 1.99. The maximum Gasteiger partial charge on any atom is 0.309 e. The van der Waals surface area contributed by atoms with Crippen LogP contribution in [0.15, 0.2) is 4.99 Å². The molecular weight excluding hydrogens is 204 g/mol. The van der Waals surface area contributed by atoms with E-state index in [0.717, 1.165) is 11.8 Å². The molecule has 0 aliphatic carbocycles. The number of carboxylic acids is 1. The van der Waals surface area contributed by atoms with E-state index >= 15 is 0 Å². The number of rotatable bonds is 3. The van der Waals surface area contributed by atoms with E-state index in [0.29, 0.717) is 0 Å². The van der Waals surface area contributed by atoms with Crippen LogP contribution in [0.1, 0.15) is 13.8 Å². The Labute approximate surface area is 86.3 Å². The largest absolute Gasteiger partial charge is 0.481 e. The van der Waals surface area contributed by atoms with Gasteiger partial charge in [-0.25, -0.2) is 0 Å². The van der Waals surface area contributed by atoms with Gasteiger partial charge in [-0.3, -0.25) is 10.2 Å². The first-order chi connectivity index (χ1) is 6.25. The molecule has 80 valence electrons. The Balaban J connectivity index is 4.14. The number of amidine groups is 1. The van der Waals surface area contributed by atoms with Crippen LogP contribution in [-0.4, -0.2) is 28.0 Å². The summed E-state index contributed by atoms with van der Waals surface area (Å²) in [4.78, 5) is 14.2. The van der Waals surface area contributed by atoms with Crippen LogP contribution in [0, 0.1) is 10.8 Å². The molecule has 6 nitrogen and oxygen atoms in total. The van der Waals surface area contributed by atoms with E-state index in [1.54, 1.807) is 13.8 Å². The van der Waals surface area contributed by atoms with Gasteiger partial charge in [0.25, 0.3) is 0 Å². The second kappa shape index (κ2) is 4.85. The van der Waals surface area contributed by atoms with E-state index in [1.165, 1.54) is 0 Å². The Morgan fingerprint density at radius 1 is 1.57 bits per heavy atom. The van der Waals surface area contributed by atoms with E-state index in [1.807, 2.05) is 0 Å². The highest BCUT2D eigenvalue weighted by atomic mass is 32.2. The van der Waals surface area contributed by atoms with Crippen LogP contribution in [0.3, 0.4) is 0 Å². The van der Waals surface area contributed by atoms with Crippen LogP contribution in [0.4, 0.5) is 0 Å². The molecule has 0 heterocycles. The lowest BCUT2D eigenvalue weighted by molar-refractivity contribution is -0.145. The fourth-order valence-electron chi connectivity index (χ4n) is 0.460. The van der Waals surface area contributed by atoms with E-state index in [9.17, 15) is 4.79 Å². The molecule has 0 spiro atoms. The zero-order chi connectivity index (χ0) is 11.4. The minimum absolute atomic E-state index is 0.0840. The maximum absolute atomic E-state index is 10.7. The Kier molecular flexibility index (Phi) is 4.42. The third-order valence-corrected chi connectivity index (χ3v) is 2.61. The van der Waals surface area contributed by atoms with Crippen molar-refractivity contribution in [1.29, 1.82) is 5.41 Å². The van der Waals surface area contributed by atoms with Crippen molar-refractivity contribution in [3.63, 3.8) is 0 Å². The fraction of sp³-hybridized carbons (Fsp3) is 0.571. The topological polar surface area (TPSA) is 126 Å². The molecule has 6 N–H and O–H groups in total. The van der Waals surface area contributed by atoms with Gasteiger partial charge in [-0.2, -0.15) is 4.99 Å². The van der Waals surface area contributed by atoms with Crippen LogP contribution in [-0.2, 0) is 4.79 Å². The van der Waals surface area contributed by atoms with E-state index in [-0.39, 0.29) is 16.9 Å². The van der Waals surface area contributed by atoms with Gasteiger partial charge >= 0.3 is 5.97 Å². The van der Waals surface area contributed by atoms with Gasteiger partial charge in [-0.05, 0) is 13.8 Å². The summed E-state index contributed by atoms with van der Waals surface area (Å²) in [6.07, 6.45) is 0. The second-order valence-electron chi connectivity index (χ2n) is 3.32. The highest BCUT2D eigenvalue weighted by molar-refractivity contribution is 8.13. The molecule has 0 amide bonds. The van der Waals surface area contributed by atoms with Gasteiger partial charge < -0.3 is 16.6 Å². The Bertz CT molecular complexity index is 271. The van der Waals surface area contributed by atoms with Crippen LogP contribution < -0.4 is 11.5 Å². The molecule has 0 atom stereocenters. The number of carboxylic acid groups (broad SMARTS) is 1. The number of nitrogens with zero attached hydrogens (tertiary/aromatic N) is 1. The van der Waals surface area contributed by atoms with Crippen LogP contribution in [0.2, 0.25) is 0 Å². The molecule has 0 aromatic heterocycles. The minimum Gasteiger partial charge on any atom is -0.481 e. The molecule has 0 aliphatic rings. The molecule has 0 saturated carbocycles. The number of guanidine groups is 1. The van der Waals surface area contributed by atoms with Gasteiger partial charge in [0.1, 0.15) is 0 Å². The van der Waals surface area contributed by atoms with Crippen LogP contribution in [0.5, 0.6) is 0 Å². The van der Waals surface area contributed by atoms with Crippen molar-refractivity contribution in [2.45, 2.75) is 13.8 Å². The average molecular weight is 218 g/mol. The highest BCUT2D eigenvalue weighted by Crippen LogP contribution is 2.22. The number of carbonyl (C=O) groups is 1. The molecule has 0 bridgehead atoms. The summed E-state index contributed by atoms with van der Waals surface area (Å²) in [5, 5.41) is 15.9. The van der Waals surface area contributed by atoms with Crippen molar-refractivity contribution in [1.82, 2.24) is 0 Å². The molecule has 0 rings (SSSR count). The first kappa shape index (κ1) is 12.8. The lowest BCUT2D eigenvalue weighted by atomic mass is 9.97. The van der Waals surface area contributed by atoms with Crippen LogP contribution >= 0.6 is 11.8 Å². The first-order valence-corrected chi connectivity index (χ1v) is 4.78. The summed E-state index contributed by atoms with van der Waals surface area (Å²) < 4.78 is 0. The molecule has 0 fully saturated rings. The molecule has 0 aliphatic heterocycles. The third kappa shape index (κ3) is 4.70. The van der Waals surface area contributed by atoms with Gasteiger partial charge in [0, 0.05) is 5.75 Å². The Hall–Kier alpha value is -1.24. The predicted molar refractivity (Wildman–Crippen MR) is 57.4 cm³/mol. The number of hydrogen-bond acceptors (Lipinski definition) is 3. The zero-order valence-corrected chi connectivity index (χ0v) is 8.89. The van der Waals surface area contributed by atoms with Gasteiger partial charge in [0.15, 0.2) is 11.1 Å². The number of aliphatic imine (C=N–C) groups is 1. The minimum atomic E-state index is -0.914. The van der Waals surface area contributed by atoms with Crippen molar-refractivity contribution in [2.24, 2.45) is 21.9 Å². The van der Waals surface area contributed by atoms with Gasteiger partial charge in [0.2, 0.25) is 0 Å². The van der Waals surface area contributed by atoms with Crippen molar-refractivity contribution >= 4 is 28.9 Å². The molecule has 0 aromatic carbocycles. The number of aliphatic carboxylic acids is 1. The molecule has 7 heteroatoms. The monoisotopic (exact) mass is 218 g/mol. The van der Waals surface area contributed by atoms with Gasteiger partial charge in [-0.1, -0.05) is 11.8 Å². The summed E-state index contributed by atoms with van der Waals surface area (Å²) in [5.74, 6) is -0.865. The summed E-state index contributed by atoms with van der Waals surface area (Å²) in [6, 6.07) is 0. The molecule has 0 aromatic rings. The van der Waals surface area contributed by atoms with Gasteiger partial charge in [0.05, 0.1) is 5.41 Å². The van der Waals surface area contributed by atoms with E-state index in [4.69, 9.17) is 22.0 Å². The molecule has 0 unspecified atom stereocenters. The molecule has 14 heavy (non-hydrogen) atoms. The summed E-state index contributed by atoms with van der Waals surface area (Å²) in [7, 11) is 0. The number of nitrogens with one attached hydrogen (secondary N) is 1. The quantitative estimate of drug-likeness (QED) is 0.393. The first-order valence-electron chi connectivity index (χ1n) is 3.80. The Morgan fingerprint density at radius 2 is 2.07 bits per heavy atom. The maximum atomic E-state index is 10.7. The van der Waals surface area contributed by atoms with E-state index < -0.39 is 11.4 Å². The second-order valence-corrected chi connectivity index (χ2v) is 4.28. The lowest BCUT2D eigenvalue weighted by Crippen LogP contribution is -2.27. The summed E-state index contributed by atoms with van der Waals surface area (Å²) in [6.45, 7) is 3.15. The zero-order valence-electron chi connectivity index (χ0n) is 8.07. The normalized spacial score (nSPS) is 10.7. The highest BCUT2D eigenvalue weighted by Gasteiger charge is 2.27. The molecular formula is C7H14N4O2S. The number of nitrogens with two attached hydrogens (primary N) is 2. The SMILES string of the molecule is CC(C)(CSC(=N)N=C(N)N)C(=O)O. The van der Waals surface area contributed by atoms with Crippen molar-refractivity contribution in [2.75, 3.05) is 5.75 Å². The van der Waals surface area contributed by atoms with Crippen molar-refractivity contribution in [3.8, 4) is 0 Å². The van der Waals surface area contributed by atoms with Crippen LogP contribution in [0.25, 0.3) is 0 Å². The fourth-order valence-corrected chi connectivity index (χ4v) is 1.25. The standard InChI is InChI=1S/C7H14N4O2S/c1-7(2,4(12)13)3-14-6(10)11-5(8)9/h3H2,1-2H3,(H,12,13)(H5,8,9,10,11). The summed E-state index contributed by atoms with van der Waals surface area (Å²) >= 11 is 0.995. The number of thioether (sulfide) groups is 1. The molecule has 0 radical (unpaired) electrons. The number of hydrogen-bond donors (Lipinski definition) is 4. The van der Waals surface area contributed by atoms with Gasteiger partial charge in [-0.15, -0.1) is 0 Å². The Morgan fingerprint density at radius 3 is 2.43 bits per heavy atom. The van der Waals surface area contributed by atoms with E-state index in [2.05, 4.69) is 4.99 Å². The predicted octanol–water partition coefficient (Wildman–Crippen LogP) is 0.0386. The summed E-state index contributed by atoms with van der Waals surface area (Å²) in [5.41, 5.74) is 9.21. The lowest BCUT2D eigenvalue weighted by Gasteiger charge is -2.17.